The van der Waals surface area contributed by atoms with Crippen molar-refractivity contribution in [1.29, 1.82) is 0 Å². The van der Waals surface area contributed by atoms with Crippen molar-refractivity contribution in [2.45, 2.75) is 46.2 Å². The number of carbonyl (C=O) groups excluding carboxylic acids is 1. The van der Waals surface area contributed by atoms with Gasteiger partial charge >= 0.3 is 0 Å². The van der Waals surface area contributed by atoms with Gasteiger partial charge in [0, 0.05) is 31.9 Å². The normalized spacial score (nSPS) is 16.7. The van der Waals surface area contributed by atoms with Crippen LogP contribution < -0.4 is 5.73 Å². The quantitative estimate of drug-likeness (QED) is 0.892. The van der Waals surface area contributed by atoms with E-state index >= 15 is 0 Å². The van der Waals surface area contributed by atoms with Crippen LogP contribution in [0.4, 0.5) is 5.69 Å². The van der Waals surface area contributed by atoms with E-state index in [0.29, 0.717) is 17.4 Å². The molecule has 0 unspecified atom stereocenters. The number of piperidine rings is 1. The molecule has 1 aliphatic heterocycles. The Labute approximate surface area is 126 Å². The van der Waals surface area contributed by atoms with Gasteiger partial charge in [-0.2, -0.15) is 5.10 Å². The second-order valence-corrected chi connectivity index (χ2v) is 5.53. The van der Waals surface area contributed by atoms with Crippen LogP contribution in [-0.2, 0) is 6.54 Å². The van der Waals surface area contributed by atoms with E-state index in [1.807, 2.05) is 11.8 Å². The zero-order valence-electron chi connectivity index (χ0n) is 13.4. The van der Waals surface area contributed by atoms with E-state index in [-0.39, 0.29) is 5.91 Å². The van der Waals surface area contributed by atoms with Gasteiger partial charge in [-0.05, 0) is 32.9 Å². The lowest BCUT2D eigenvalue weighted by atomic mass is 10.0. The van der Waals surface area contributed by atoms with Gasteiger partial charge in [0.05, 0.1) is 5.69 Å². The maximum absolute atomic E-state index is 12.5. The average molecular weight is 293 g/mol. The highest BCUT2D eigenvalue weighted by molar-refractivity contribution is 5.97. The fourth-order valence-corrected chi connectivity index (χ4v) is 3.09. The smallest absolute Gasteiger partial charge is 0.276 e. The number of nitrogen functional groups attached to an aromatic ring is 1. The Morgan fingerprint density at radius 2 is 1.95 bits per heavy atom. The van der Waals surface area contributed by atoms with Crippen molar-refractivity contribution in [2.75, 3.05) is 31.9 Å². The van der Waals surface area contributed by atoms with Crippen LogP contribution in [0, 0.1) is 0 Å². The van der Waals surface area contributed by atoms with Crippen molar-refractivity contribution >= 4 is 11.6 Å². The Hall–Kier alpha value is -1.56. The predicted molar refractivity (Wildman–Crippen MR) is 84.2 cm³/mol. The molecule has 6 heteroatoms. The molecular formula is C15H27N5O. The minimum absolute atomic E-state index is 0.0299. The van der Waals surface area contributed by atoms with Gasteiger partial charge in [0.1, 0.15) is 0 Å². The molecule has 0 spiro atoms. The summed E-state index contributed by atoms with van der Waals surface area (Å²) in [5, 5.41) is 4.28. The van der Waals surface area contributed by atoms with E-state index in [2.05, 4.69) is 23.8 Å². The molecule has 0 bridgehead atoms. The minimum Gasteiger partial charge on any atom is -0.396 e. The molecule has 0 saturated carbocycles. The van der Waals surface area contributed by atoms with Gasteiger partial charge in [0.25, 0.3) is 5.91 Å². The molecule has 2 heterocycles. The van der Waals surface area contributed by atoms with E-state index in [4.69, 9.17) is 5.73 Å². The van der Waals surface area contributed by atoms with E-state index in [0.717, 1.165) is 45.6 Å². The number of carbonyl (C=O) groups is 1. The molecule has 0 aromatic carbocycles. The standard InChI is InChI=1S/C15H27N5O/c1-4-18(5-2)12-7-9-19(10-8-12)15(21)14-13(16)11-20(6-3)17-14/h11-12H,4-10,16H2,1-3H3. The summed E-state index contributed by atoms with van der Waals surface area (Å²) in [7, 11) is 0. The van der Waals surface area contributed by atoms with Crippen molar-refractivity contribution in [3.63, 3.8) is 0 Å². The molecular weight excluding hydrogens is 266 g/mol. The Morgan fingerprint density at radius 1 is 1.33 bits per heavy atom. The monoisotopic (exact) mass is 293 g/mol. The number of rotatable bonds is 5. The Bertz CT molecular complexity index is 472. The van der Waals surface area contributed by atoms with Crippen LogP contribution >= 0.6 is 0 Å². The summed E-state index contributed by atoms with van der Waals surface area (Å²) in [5.41, 5.74) is 6.78. The van der Waals surface area contributed by atoms with E-state index in [1.54, 1.807) is 10.9 Å². The highest BCUT2D eigenvalue weighted by Gasteiger charge is 2.28. The third-order valence-corrected chi connectivity index (χ3v) is 4.40. The first-order valence-electron chi connectivity index (χ1n) is 7.96. The van der Waals surface area contributed by atoms with Crippen LogP contribution in [0.5, 0.6) is 0 Å². The SMILES string of the molecule is CCN(CC)C1CCN(C(=O)c2nn(CC)cc2N)CC1. The molecule has 1 aliphatic rings. The van der Waals surface area contributed by atoms with Crippen LogP contribution in [0.1, 0.15) is 44.1 Å². The van der Waals surface area contributed by atoms with Crippen LogP contribution in [0.3, 0.4) is 0 Å². The van der Waals surface area contributed by atoms with Crippen molar-refractivity contribution in [2.24, 2.45) is 0 Å². The number of likely N-dealkylation sites (tertiary alicyclic amines) is 1. The average Bonchev–Trinajstić information content (AvgIpc) is 2.89. The molecule has 0 aliphatic carbocycles. The topological polar surface area (TPSA) is 67.4 Å². The lowest BCUT2D eigenvalue weighted by molar-refractivity contribution is 0.0626. The number of aromatic nitrogens is 2. The first-order valence-corrected chi connectivity index (χ1v) is 7.96. The Balaban J connectivity index is 1.98. The molecule has 21 heavy (non-hydrogen) atoms. The first-order chi connectivity index (χ1) is 10.1. The molecule has 2 rings (SSSR count). The number of aryl methyl sites for hydroxylation is 1. The van der Waals surface area contributed by atoms with Gasteiger partial charge in [-0.1, -0.05) is 13.8 Å². The van der Waals surface area contributed by atoms with Gasteiger partial charge in [0.2, 0.25) is 0 Å². The summed E-state index contributed by atoms with van der Waals surface area (Å²) in [6.07, 6.45) is 3.79. The van der Waals surface area contributed by atoms with Crippen LogP contribution in [0.2, 0.25) is 0 Å². The Kier molecular flexibility index (Phi) is 5.22. The van der Waals surface area contributed by atoms with Crippen LogP contribution in [-0.4, -0.2) is 57.7 Å². The molecule has 0 atom stereocenters. The molecule has 0 radical (unpaired) electrons. The van der Waals surface area contributed by atoms with Crippen molar-refractivity contribution < 1.29 is 4.79 Å². The molecule has 2 N–H and O–H groups in total. The molecule has 1 aromatic heterocycles. The van der Waals surface area contributed by atoms with Gasteiger partial charge in [-0.3, -0.25) is 9.48 Å². The molecule has 1 amide bonds. The highest BCUT2D eigenvalue weighted by atomic mass is 16.2. The van der Waals surface area contributed by atoms with Gasteiger partial charge < -0.3 is 15.5 Å². The third-order valence-electron chi connectivity index (χ3n) is 4.40. The lowest BCUT2D eigenvalue weighted by Gasteiger charge is -2.37. The molecule has 118 valence electrons. The van der Waals surface area contributed by atoms with Crippen molar-refractivity contribution in [3.05, 3.63) is 11.9 Å². The summed E-state index contributed by atoms with van der Waals surface area (Å²) in [6.45, 7) is 10.8. The lowest BCUT2D eigenvalue weighted by Crippen LogP contribution is -2.46. The predicted octanol–water partition coefficient (Wildman–Crippen LogP) is 1.43. The zero-order chi connectivity index (χ0) is 15.4. The number of nitrogens with zero attached hydrogens (tertiary/aromatic N) is 4. The molecule has 1 aromatic rings. The van der Waals surface area contributed by atoms with Gasteiger partial charge in [-0.25, -0.2) is 0 Å². The first kappa shape index (κ1) is 15.8. The Morgan fingerprint density at radius 3 is 2.43 bits per heavy atom. The summed E-state index contributed by atoms with van der Waals surface area (Å²) in [5.74, 6) is -0.0299. The fraction of sp³-hybridized carbons (Fsp3) is 0.733. The van der Waals surface area contributed by atoms with Gasteiger partial charge in [-0.15, -0.1) is 0 Å². The summed E-state index contributed by atoms with van der Waals surface area (Å²) < 4.78 is 1.71. The van der Waals surface area contributed by atoms with Crippen molar-refractivity contribution in [1.82, 2.24) is 19.6 Å². The number of nitrogens with two attached hydrogens (primary N) is 1. The van der Waals surface area contributed by atoms with Gasteiger partial charge in [0.15, 0.2) is 5.69 Å². The maximum atomic E-state index is 12.5. The van der Waals surface area contributed by atoms with Crippen LogP contribution in [0.15, 0.2) is 6.20 Å². The second-order valence-electron chi connectivity index (χ2n) is 5.53. The molecule has 6 nitrogen and oxygen atoms in total. The summed E-state index contributed by atoms with van der Waals surface area (Å²) in [6, 6.07) is 0.592. The summed E-state index contributed by atoms with van der Waals surface area (Å²) in [4.78, 5) is 16.9. The van der Waals surface area contributed by atoms with Crippen LogP contribution in [0.25, 0.3) is 0 Å². The maximum Gasteiger partial charge on any atom is 0.276 e. The third kappa shape index (κ3) is 3.37. The number of amides is 1. The number of hydrogen-bond acceptors (Lipinski definition) is 4. The van der Waals surface area contributed by atoms with E-state index < -0.39 is 0 Å². The van der Waals surface area contributed by atoms with E-state index in [1.165, 1.54) is 0 Å². The second kappa shape index (κ2) is 6.93. The van der Waals surface area contributed by atoms with E-state index in [9.17, 15) is 4.79 Å². The fourth-order valence-electron chi connectivity index (χ4n) is 3.09. The zero-order valence-corrected chi connectivity index (χ0v) is 13.4. The molecule has 1 saturated heterocycles. The highest BCUT2D eigenvalue weighted by Crippen LogP contribution is 2.19. The largest absolute Gasteiger partial charge is 0.396 e. The minimum atomic E-state index is -0.0299. The summed E-state index contributed by atoms with van der Waals surface area (Å²) >= 11 is 0. The number of anilines is 1. The number of hydrogen-bond donors (Lipinski definition) is 1. The van der Waals surface area contributed by atoms with Crippen molar-refractivity contribution in [3.8, 4) is 0 Å². The molecule has 1 fully saturated rings.